The Balaban J connectivity index is 2.88. The van der Waals surface area contributed by atoms with E-state index in [0.717, 1.165) is 0 Å². The number of phenols is 1. The van der Waals surface area contributed by atoms with Crippen LogP contribution in [0.3, 0.4) is 0 Å². The van der Waals surface area contributed by atoms with Gasteiger partial charge in [0.15, 0.2) is 11.5 Å². The molecule has 0 aliphatic rings. The van der Waals surface area contributed by atoms with Crippen molar-refractivity contribution in [3.63, 3.8) is 0 Å². The molecule has 0 fully saturated rings. The molecular weight excluding hydrogens is 210 g/mol. The van der Waals surface area contributed by atoms with Gasteiger partial charge < -0.3 is 20.7 Å². The molecule has 0 aliphatic heterocycles. The minimum Gasteiger partial charge on any atom is -0.504 e. The highest BCUT2D eigenvalue weighted by Gasteiger charge is 2.13. The highest BCUT2D eigenvalue weighted by atomic mass is 16.5. The number of aliphatic carboxylic acids is 1. The number of hydrogen-bond donors (Lipinski definition) is 3. The predicted octanol–water partition coefficient (Wildman–Crippen LogP) is 1.27. The zero-order valence-corrected chi connectivity index (χ0v) is 9.01. The molecule has 1 atom stereocenters. The zero-order chi connectivity index (χ0) is 12.1. The second-order valence-corrected chi connectivity index (χ2v) is 3.36. The number of carboxylic acid groups (broad SMARTS) is 1. The normalized spacial score (nSPS) is 12.1. The van der Waals surface area contributed by atoms with Crippen LogP contribution in [0.25, 0.3) is 0 Å². The smallest absolute Gasteiger partial charge is 0.305 e. The lowest BCUT2D eigenvalue weighted by Crippen LogP contribution is -2.15. The van der Waals surface area contributed by atoms with Crippen LogP contribution in [0.2, 0.25) is 0 Å². The summed E-state index contributed by atoms with van der Waals surface area (Å²) in [5.74, 6) is -0.618. The summed E-state index contributed by atoms with van der Waals surface area (Å²) in [6, 6.07) is 4.00. The van der Waals surface area contributed by atoms with Crippen LogP contribution in [0.15, 0.2) is 18.2 Å². The number of carbonyl (C=O) groups is 1. The third-order valence-electron chi connectivity index (χ3n) is 2.11. The molecule has 0 bridgehead atoms. The first-order chi connectivity index (χ1) is 7.54. The number of benzene rings is 1. The topological polar surface area (TPSA) is 92.8 Å². The van der Waals surface area contributed by atoms with E-state index >= 15 is 0 Å². The number of hydrogen-bond acceptors (Lipinski definition) is 4. The van der Waals surface area contributed by atoms with Crippen molar-refractivity contribution in [2.24, 2.45) is 5.73 Å². The molecule has 1 aromatic rings. The van der Waals surface area contributed by atoms with Crippen LogP contribution in [0.5, 0.6) is 11.5 Å². The van der Waals surface area contributed by atoms with E-state index < -0.39 is 12.0 Å². The SMILES string of the molecule is CCOc1cc(C(N)CC(=O)O)ccc1O. The van der Waals surface area contributed by atoms with E-state index in [4.69, 9.17) is 15.6 Å². The van der Waals surface area contributed by atoms with Crippen LogP contribution in [0.4, 0.5) is 0 Å². The first kappa shape index (κ1) is 12.3. The Kier molecular flexibility index (Phi) is 4.13. The van der Waals surface area contributed by atoms with Crippen LogP contribution >= 0.6 is 0 Å². The summed E-state index contributed by atoms with van der Waals surface area (Å²) in [5.41, 5.74) is 6.32. The van der Waals surface area contributed by atoms with Crippen LogP contribution in [-0.4, -0.2) is 22.8 Å². The van der Waals surface area contributed by atoms with Gasteiger partial charge in [-0.05, 0) is 24.6 Å². The average Bonchev–Trinajstić information content (AvgIpc) is 2.20. The van der Waals surface area contributed by atoms with Crippen LogP contribution in [-0.2, 0) is 4.79 Å². The third kappa shape index (κ3) is 3.13. The molecule has 0 aromatic heterocycles. The molecule has 88 valence electrons. The predicted molar refractivity (Wildman–Crippen MR) is 58.5 cm³/mol. The molecule has 1 unspecified atom stereocenters. The summed E-state index contributed by atoms with van der Waals surface area (Å²) in [5, 5.41) is 18.1. The van der Waals surface area contributed by atoms with E-state index in [9.17, 15) is 9.90 Å². The van der Waals surface area contributed by atoms with Crippen molar-refractivity contribution < 1.29 is 19.7 Å². The van der Waals surface area contributed by atoms with Gasteiger partial charge in [-0.3, -0.25) is 4.79 Å². The first-order valence-electron chi connectivity index (χ1n) is 4.97. The maximum atomic E-state index is 10.5. The summed E-state index contributed by atoms with van der Waals surface area (Å²) in [7, 11) is 0. The van der Waals surface area contributed by atoms with Crippen molar-refractivity contribution in [3.05, 3.63) is 23.8 Å². The molecule has 0 radical (unpaired) electrons. The Morgan fingerprint density at radius 1 is 1.56 bits per heavy atom. The molecule has 0 amide bonds. The van der Waals surface area contributed by atoms with E-state index in [-0.39, 0.29) is 12.2 Å². The maximum Gasteiger partial charge on any atom is 0.305 e. The Bertz CT molecular complexity index is 378. The van der Waals surface area contributed by atoms with E-state index in [1.807, 2.05) is 0 Å². The number of nitrogens with two attached hydrogens (primary N) is 1. The van der Waals surface area contributed by atoms with Crippen LogP contribution < -0.4 is 10.5 Å². The number of rotatable bonds is 5. The molecule has 5 heteroatoms. The number of phenolic OH excluding ortho intramolecular Hbond substituents is 1. The lowest BCUT2D eigenvalue weighted by Gasteiger charge is -2.12. The quantitative estimate of drug-likeness (QED) is 0.701. The molecule has 0 aliphatic carbocycles. The van der Waals surface area contributed by atoms with Crippen molar-refractivity contribution >= 4 is 5.97 Å². The number of aromatic hydroxyl groups is 1. The summed E-state index contributed by atoms with van der Waals surface area (Å²) in [6.07, 6.45) is -0.156. The average molecular weight is 225 g/mol. The van der Waals surface area contributed by atoms with Crippen LogP contribution in [0.1, 0.15) is 24.9 Å². The van der Waals surface area contributed by atoms with Gasteiger partial charge in [0.2, 0.25) is 0 Å². The second-order valence-electron chi connectivity index (χ2n) is 3.36. The Morgan fingerprint density at radius 3 is 2.81 bits per heavy atom. The molecule has 16 heavy (non-hydrogen) atoms. The number of ether oxygens (including phenoxy) is 1. The van der Waals surface area contributed by atoms with Crippen LogP contribution in [0, 0.1) is 0 Å². The number of carboxylic acids is 1. The van der Waals surface area contributed by atoms with Gasteiger partial charge in [0.25, 0.3) is 0 Å². The van der Waals surface area contributed by atoms with Gasteiger partial charge in [-0.25, -0.2) is 0 Å². The molecule has 1 rings (SSSR count). The van der Waals surface area contributed by atoms with Gasteiger partial charge in [0.1, 0.15) is 0 Å². The molecule has 5 nitrogen and oxygen atoms in total. The van der Waals surface area contributed by atoms with Gasteiger partial charge in [0, 0.05) is 6.04 Å². The molecule has 0 spiro atoms. The third-order valence-corrected chi connectivity index (χ3v) is 2.11. The van der Waals surface area contributed by atoms with Gasteiger partial charge >= 0.3 is 5.97 Å². The highest BCUT2D eigenvalue weighted by Crippen LogP contribution is 2.29. The molecule has 0 saturated heterocycles. The van der Waals surface area contributed by atoms with Crippen molar-refractivity contribution in [3.8, 4) is 11.5 Å². The lowest BCUT2D eigenvalue weighted by atomic mass is 10.0. The van der Waals surface area contributed by atoms with Crippen molar-refractivity contribution in [1.82, 2.24) is 0 Å². The Labute approximate surface area is 93.5 Å². The van der Waals surface area contributed by atoms with E-state index in [1.54, 1.807) is 19.1 Å². The maximum absolute atomic E-state index is 10.5. The van der Waals surface area contributed by atoms with Crippen molar-refractivity contribution in [2.75, 3.05) is 6.61 Å². The largest absolute Gasteiger partial charge is 0.504 e. The minimum atomic E-state index is -0.960. The van der Waals surface area contributed by atoms with Gasteiger partial charge in [0.05, 0.1) is 13.0 Å². The van der Waals surface area contributed by atoms with Gasteiger partial charge in [-0.1, -0.05) is 6.07 Å². The zero-order valence-electron chi connectivity index (χ0n) is 9.01. The second kappa shape index (κ2) is 5.37. The minimum absolute atomic E-state index is 0.0214. The fourth-order valence-electron chi connectivity index (χ4n) is 1.34. The summed E-state index contributed by atoms with van der Waals surface area (Å²) in [6.45, 7) is 2.22. The lowest BCUT2D eigenvalue weighted by molar-refractivity contribution is -0.137. The van der Waals surface area contributed by atoms with Gasteiger partial charge in [-0.2, -0.15) is 0 Å². The van der Waals surface area contributed by atoms with E-state index in [1.165, 1.54) is 6.07 Å². The summed E-state index contributed by atoms with van der Waals surface area (Å²) >= 11 is 0. The summed E-state index contributed by atoms with van der Waals surface area (Å²) in [4.78, 5) is 10.5. The van der Waals surface area contributed by atoms with Gasteiger partial charge in [-0.15, -0.1) is 0 Å². The monoisotopic (exact) mass is 225 g/mol. The fourth-order valence-corrected chi connectivity index (χ4v) is 1.34. The van der Waals surface area contributed by atoms with E-state index in [2.05, 4.69) is 0 Å². The van der Waals surface area contributed by atoms with E-state index in [0.29, 0.717) is 17.9 Å². The molecule has 4 N–H and O–H groups in total. The van der Waals surface area contributed by atoms with Crippen molar-refractivity contribution in [2.45, 2.75) is 19.4 Å². The van der Waals surface area contributed by atoms with Crippen molar-refractivity contribution in [1.29, 1.82) is 0 Å². The molecule has 1 aromatic carbocycles. The highest BCUT2D eigenvalue weighted by molar-refractivity contribution is 5.68. The molecular formula is C11H15NO4. The molecule has 0 saturated carbocycles. The fraction of sp³-hybridized carbons (Fsp3) is 0.364. The summed E-state index contributed by atoms with van der Waals surface area (Å²) < 4.78 is 5.18. The Morgan fingerprint density at radius 2 is 2.25 bits per heavy atom. The Hall–Kier alpha value is -1.75. The standard InChI is InChI=1S/C11H15NO4/c1-2-16-10-5-7(3-4-9(10)13)8(12)6-11(14)15/h3-5,8,13H,2,6,12H2,1H3,(H,14,15). The first-order valence-corrected chi connectivity index (χ1v) is 4.97. The molecule has 0 heterocycles.